The molecule has 12 heavy (non-hydrogen) atoms. The van der Waals surface area contributed by atoms with E-state index in [2.05, 4.69) is 10.9 Å². The first kappa shape index (κ1) is 23.4. The van der Waals surface area contributed by atoms with E-state index in [1.165, 1.54) is 0 Å². The maximum absolute atomic E-state index is 9.39. The maximum atomic E-state index is 9.39. The molecule has 0 fully saturated rings. The van der Waals surface area contributed by atoms with E-state index in [9.17, 15) is 9.13 Å². The Kier molecular flexibility index (Phi) is 36.0. The van der Waals surface area contributed by atoms with Gasteiger partial charge in [-0.2, -0.15) is 0 Å². The zero-order valence-electron chi connectivity index (χ0n) is 6.75. The van der Waals surface area contributed by atoms with Crippen LogP contribution in [0, 0.1) is 0 Å². The number of hydrogen-bond donors (Lipinski definition) is 3. The molecule has 2 unspecified atom stereocenters. The molecule has 2 radical (unpaired) electrons. The summed E-state index contributed by atoms with van der Waals surface area (Å²) in [6, 6.07) is 0. The number of hydrogen-bond acceptors (Lipinski definition) is 4. The molecule has 0 rings (SSSR count). The fourth-order valence-electron chi connectivity index (χ4n) is 0.0598. The molecule has 0 aromatic carbocycles. The number of aliphatic hydroxyl groups is 1. The standard InChI is InChI=1S/C2H4O.2Na.O5P2/c1-2-3;;;1-6(2)5-7(3)4/h2-3H,1H2;;;/p+2. The zero-order valence-corrected chi connectivity index (χ0v) is 12.5. The van der Waals surface area contributed by atoms with Gasteiger partial charge in [-0.3, -0.25) is 0 Å². The molecule has 0 spiro atoms. The second-order valence-corrected chi connectivity index (χ2v) is 2.34. The molecule has 0 aliphatic carbocycles. The van der Waals surface area contributed by atoms with E-state index in [4.69, 9.17) is 14.9 Å². The minimum atomic E-state index is -2.92. The van der Waals surface area contributed by atoms with Crippen molar-refractivity contribution in [3.8, 4) is 0 Å². The second kappa shape index (κ2) is 18.4. The topological polar surface area (TPSA) is 104 Å². The minimum Gasteiger partial charge on any atom is -0.516 e. The predicted molar refractivity (Wildman–Crippen MR) is 45.1 cm³/mol. The van der Waals surface area contributed by atoms with Gasteiger partial charge in [0.2, 0.25) is 0 Å². The first-order valence-electron chi connectivity index (χ1n) is 1.80. The molecule has 0 saturated carbocycles. The Morgan fingerprint density at radius 3 is 1.33 bits per heavy atom. The van der Waals surface area contributed by atoms with Crippen LogP contribution in [0.4, 0.5) is 0 Å². The first-order chi connectivity index (χ1) is 4.54. The van der Waals surface area contributed by atoms with Gasteiger partial charge in [-0.1, -0.05) is 6.58 Å². The molecule has 2 atom stereocenters. The minimum absolute atomic E-state index is 0. The van der Waals surface area contributed by atoms with Crippen molar-refractivity contribution in [1.82, 2.24) is 0 Å². The SMILES string of the molecule is C=CO.O=[P+](O)O[P+](=O)O.[Na].[Na]. The van der Waals surface area contributed by atoms with E-state index < -0.39 is 16.5 Å². The fourth-order valence-corrected chi connectivity index (χ4v) is 0.538. The van der Waals surface area contributed by atoms with E-state index in [-0.39, 0.29) is 59.1 Å². The van der Waals surface area contributed by atoms with Gasteiger partial charge in [-0.15, -0.1) is 9.79 Å². The smallest absolute Gasteiger partial charge is 0.516 e. The monoisotopic (exact) mass is 234 g/mol. The summed E-state index contributed by atoms with van der Waals surface area (Å²) in [5, 5.41) is 7.33. The third-order valence-corrected chi connectivity index (χ3v) is 1.26. The summed E-state index contributed by atoms with van der Waals surface area (Å²) in [5.74, 6) is 0. The molecular formula is C2H6Na2O6P2+2. The van der Waals surface area contributed by atoms with Gasteiger partial charge in [-0.05, 0) is 0 Å². The van der Waals surface area contributed by atoms with Crippen LogP contribution < -0.4 is 0 Å². The number of aliphatic hydroxyl groups excluding tert-OH is 1. The molecule has 0 aliphatic rings. The van der Waals surface area contributed by atoms with Gasteiger partial charge in [0.25, 0.3) is 0 Å². The molecule has 0 aromatic heterocycles. The summed E-state index contributed by atoms with van der Waals surface area (Å²) in [4.78, 5) is 15.3. The fraction of sp³-hybridized carbons (Fsp3) is 0. The molecule has 3 N–H and O–H groups in total. The van der Waals surface area contributed by atoms with Crippen molar-refractivity contribution in [2.24, 2.45) is 0 Å². The van der Waals surface area contributed by atoms with E-state index >= 15 is 0 Å². The van der Waals surface area contributed by atoms with Crippen LogP contribution in [0.2, 0.25) is 0 Å². The number of rotatable bonds is 2. The summed E-state index contributed by atoms with van der Waals surface area (Å²) in [5.41, 5.74) is 0. The third kappa shape index (κ3) is 41.5. The Morgan fingerprint density at radius 2 is 1.33 bits per heavy atom. The average Bonchev–Trinajstić information content (AvgIpc) is 1.62. The molecular weight excluding hydrogens is 228 g/mol. The van der Waals surface area contributed by atoms with Crippen LogP contribution in [-0.2, 0) is 13.4 Å². The van der Waals surface area contributed by atoms with Crippen LogP contribution in [0.1, 0.15) is 0 Å². The van der Waals surface area contributed by atoms with Crippen LogP contribution in [-0.4, -0.2) is 74.0 Å². The van der Waals surface area contributed by atoms with Crippen LogP contribution >= 0.6 is 16.5 Å². The molecule has 0 heterocycles. The summed E-state index contributed by atoms with van der Waals surface area (Å²) < 4.78 is 22.2. The van der Waals surface area contributed by atoms with E-state index in [0.717, 1.165) is 6.26 Å². The Bertz CT molecular complexity index is 128. The van der Waals surface area contributed by atoms with Crippen LogP contribution in [0.5, 0.6) is 0 Å². The zero-order chi connectivity index (χ0) is 8.57. The van der Waals surface area contributed by atoms with Gasteiger partial charge < -0.3 is 5.11 Å². The summed E-state index contributed by atoms with van der Waals surface area (Å²) in [6.45, 7) is 2.92. The Balaban J connectivity index is -0.0000000569. The molecule has 60 valence electrons. The van der Waals surface area contributed by atoms with Gasteiger partial charge in [0.1, 0.15) is 0 Å². The van der Waals surface area contributed by atoms with E-state index in [0.29, 0.717) is 0 Å². The van der Waals surface area contributed by atoms with Crippen molar-refractivity contribution in [2.45, 2.75) is 0 Å². The Hall–Kier alpha value is 1.62. The molecule has 0 aliphatic heterocycles. The summed E-state index contributed by atoms with van der Waals surface area (Å²) in [7, 11) is -5.85. The average molecular weight is 234 g/mol. The molecule has 0 amide bonds. The quantitative estimate of drug-likeness (QED) is 0.359. The van der Waals surface area contributed by atoms with Gasteiger partial charge in [-0.25, -0.2) is 0 Å². The van der Waals surface area contributed by atoms with Crippen LogP contribution in [0.3, 0.4) is 0 Å². The molecule has 0 aromatic rings. The molecule has 0 saturated heterocycles. The van der Waals surface area contributed by atoms with E-state index in [1.807, 2.05) is 0 Å². The van der Waals surface area contributed by atoms with Gasteiger partial charge in [0.05, 0.1) is 6.26 Å². The van der Waals surface area contributed by atoms with Crippen molar-refractivity contribution < 1.29 is 28.3 Å². The summed E-state index contributed by atoms with van der Waals surface area (Å²) >= 11 is 0. The third-order valence-electron chi connectivity index (χ3n) is 0.140. The van der Waals surface area contributed by atoms with Crippen LogP contribution in [0.15, 0.2) is 12.8 Å². The second-order valence-electron chi connectivity index (χ2n) is 0.740. The summed E-state index contributed by atoms with van der Waals surface area (Å²) in [6.07, 6.45) is 0.750. The molecule has 10 heteroatoms. The van der Waals surface area contributed by atoms with E-state index in [1.54, 1.807) is 0 Å². The van der Waals surface area contributed by atoms with Crippen molar-refractivity contribution in [2.75, 3.05) is 0 Å². The van der Waals surface area contributed by atoms with Crippen LogP contribution in [0.25, 0.3) is 0 Å². The maximum Gasteiger partial charge on any atom is 0.745 e. The van der Waals surface area contributed by atoms with Gasteiger partial charge >= 0.3 is 16.5 Å². The molecule has 6 nitrogen and oxygen atoms in total. The largest absolute Gasteiger partial charge is 0.745 e. The van der Waals surface area contributed by atoms with Crippen molar-refractivity contribution in [3.63, 3.8) is 0 Å². The van der Waals surface area contributed by atoms with Gasteiger partial charge in [0, 0.05) is 68.2 Å². The predicted octanol–water partition coefficient (Wildman–Crippen LogP) is 0.229. The molecule has 0 bridgehead atoms. The first-order valence-corrected chi connectivity index (χ1v) is 4.06. The van der Waals surface area contributed by atoms with Crippen molar-refractivity contribution in [1.29, 1.82) is 0 Å². The normalized spacial score (nSPS) is 8.83. The Labute approximate surface area is 115 Å². The van der Waals surface area contributed by atoms with Crippen molar-refractivity contribution in [3.05, 3.63) is 12.8 Å². The van der Waals surface area contributed by atoms with Gasteiger partial charge in [0.15, 0.2) is 4.31 Å². The van der Waals surface area contributed by atoms with Crippen molar-refractivity contribution >= 4 is 75.6 Å². The Morgan fingerprint density at radius 1 is 1.17 bits per heavy atom.